The molecule has 0 fully saturated rings. The molecule has 0 bridgehead atoms. The second-order valence-electron chi connectivity index (χ2n) is 10.9. The Morgan fingerprint density at radius 3 is 2.06 bits per heavy atom. The van der Waals surface area contributed by atoms with Crippen LogP contribution in [0.2, 0.25) is 0 Å². The first-order chi connectivity index (χ1) is 22.8. The molecule has 0 aliphatic carbocycles. The highest BCUT2D eigenvalue weighted by molar-refractivity contribution is 9.10. The van der Waals surface area contributed by atoms with Crippen molar-refractivity contribution in [1.29, 1.82) is 0 Å². The fraction of sp³-hybridized carbons (Fsp3) is 0.278. The van der Waals surface area contributed by atoms with Crippen molar-refractivity contribution in [2.24, 2.45) is 4.99 Å². The Kier molecular flexibility index (Phi) is 11.4. The van der Waals surface area contributed by atoms with Crippen LogP contribution in [0.3, 0.4) is 0 Å². The molecule has 1 amide bonds. The maximum Gasteiger partial charge on any atom is 0.252 e. The average molecular weight is 768 g/mol. The number of amides is 1. The Morgan fingerprint density at radius 2 is 1.49 bits per heavy atom. The molecule has 0 saturated carbocycles. The summed E-state index contributed by atoms with van der Waals surface area (Å²) in [6.45, 7) is 0.638. The van der Waals surface area contributed by atoms with E-state index in [1.165, 1.54) is 0 Å². The Hall–Kier alpha value is -4.06. The van der Waals surface area contributed by atoms with Crippen LogP contribution in [-0.4, -0.2) is 57.0 Å². The Balaban J connectivity index is 1.55. The number of benzene rings is 4. The van der Waals surface area contributed by atoms with Crippen molar-refractivity contribution in [3.8, 4) is 23.0 Å². The van der Waals surface area contributed by atoms with Gasteiger partial charge in [-0.15, -0.1) is 0 Å². The number of nitrogens with zero attached hydrogens (tertiary/aromatic N) is 1. The van der Waals surface area contributed by atoms with E-state index in [2.05, 4.69) is 37.2 Å². The number of carbonyl (C=O) groups excluding carboxylic acids is 1. The number of aliphatic imine (C=N–C) groups is 1. The highest BCUT2D eigenvalue weighted by Crippen LogP contribution is 2.43. The third-order valence-corrected chi connectivity index (χ3v) is 8.82. The fourth-order valence-corrected chi connectivity index (χ4v) is 5.93. The molecule has 9 nitrogen and oxygen atoms in total. The lowest BCUT2D eigenvalue weighted by Gasteiger charge is -2.31. The van der Waals surface area contributed by atoms with Gasteiger partial charge in [-0.05, 0) is 77.4 Å². The number of methoxy groups -OCH3 is 3. The van der Waals surface area contributed by atoms with Crippen molar-refractivity contribution in [2.45, 2.75) is 31.0 Å². The number of halogens is 2. The monoisotopic (exact) mass is 766 g/mol. The van der Waals surface area contributed by atoms with Crippen molar-refractivity contribution >= 4 is 43.7 Å². The van der Waals surface area contributed by atoms with Crippen LogP contribution < -0.4 is 24.3 Å². The number of aliphatic hydroxyl groups is 1. The lowest BCUT2D eigenvalue weighted by molar-refractivity contribution is -0.129. The third-order valence-electron chi connectivity index (χ3n) is 7.77. The molecule has 11 heteroatoms. The number of hydrogen-bond acceptors (Lipinski definition) is 8. The zero-order valence-corrected chi connectivity index (χ0v) is 29.5. The molecule has 0 spiro atoms. The second kappa shape index (κ2) is 15.7. The molecule has 0 saturated heterocycles. The fourth-order valence-electron chi connectivity index (χ4n) is 5.41. The van der Waals surface area contributed by atoms with Crippen LogP contribution in [-0.2, 0) is 22.5 Å². The molecule has 5 rings (SSSR count). The van der Waals surface area contributed by atoms with Crippen LogP contribution in [0.1, 0.15) is 34.8 Å². The lowest BCUT2D eigenvalue weighted by Crippen LogP contribution is -2.49. The smallest absolute Gasteiger partial charge is 0.252 e. The Bertz CT molecular complexity index is 1670. The van der Waals surface area contributed by atoms with Gasteiger partial charge in [0.15, 0.2) is 23.1 Å². The first-order valence-electron chi connectivity index (χ1n) is 15.0. The van der Waals surface area contributed by atoms with Crippen LogP contribution in [0.25, 0.3) is 0 Å². The largest absolute Gasteiger partial charge is 0.494 e. The van der Waals surface area contributed by atoms with Gasteiger partial charge in [-0.25, -0.2) is 4.99 Å². The van der Waals surface area contributed by atoms with E-state index >= 15 is 0 Å². The van der Waals surface area contributed by atoms with Gasteiger partial charge in [0.05, 0.1) is 27.9 Å². The molecule has 2 N–H and O–H groups in total. The van der Waals surface area contributed by atoms with Gasteiger partial charge in [-0.2, -0.15) is 0 Å². The molecule has 0 aromatic heterocycles. The number of carbonyl (C=O) groups is 1. The van der Waals surface area contributed by atoms with Crippen molar-refractivity contribution in [1.82, 2.24) is 5.32 Å². The maximum absolute atomic E-state index is 14.6. The first-order valence-corrected chi connectivity index (χ1v) is 16.6. The van der Waals surface area contributed by atoms with Gasteiger partial charge in [0, 0.05) is 40.5 Å². The number of rotatable bonds is 14. The van der Waals surface area contributed by atoms with Gasteiger partial charge in [0.1, 0.15) is 5.75 Å². The summed E-state index contributed by atoms with van der Waals surface area (Å²) in [5.41, 5.74) is 1.81. The van der Waals surface area contributed by atoms with Gasteiger partial charge >= 0.3 is 0 Å². The number of hydrogen-bond donors (Lipinski definition) is 2. The number of nitrogens with one attached hydrogen (secondary N) is 1. The highest BCUT2D eigenvalue weighted by Gasteiger charge is 2.53. The van der Waals surface area contributed by atoms with Crippen molar-refractivity contribution < 1.29 is 33.6 Å². The van der Waals surface area contributed by atoms with Gasteiger partial charge in [0.2, 0.25) is 11.6 Å². The summed E-state index contributed by atoms with van der Waals surface area (Å²) in [6.07, 6.45) is 0.0686. The molecule has 0 unspecified atom stereocenters. The number of aliphatic hydroxyl groups excluding tert-OH is 1. The van der Waals surface area contributed by atoms with E-state index in [0.717, 1.165) is 25.6 Å². The van der Waals surface area contributed by atoms with Crippen LogP contribution >= 0.6 is 31.9 Å². The summed E-state index contributed by atoms with van der Waals surface area (Å²) in [5, 5.41) is 12.2. The van der Waals surface area contributed by atoms with Crippen LogP contribution in [0.5, 0.6) is 23.0 Å². The van der Waals surface area contributed by atoms with E-state index in [0.29, 0.717) is 47.5 Å². The zero-order chi connectivity index (χ0) is 33.4. The van der Waals surface area contributed by atoms with Gasteiger partial charge in [0.25, 0.3) is 5.91 Å². The highest BCUT2D eigenvalue weighted by atomic mass is 79.9. The topological polar surface area (TPSA) is 108 Å². The molecule has 1 heterocycles. The molecular weight excluding hydrogens is 732 g/mol. The molecule has 4 aromatic rings. The van der Waals surface area contributed by atoms with E-state index < -0.39 is 11.6 Å². The second-order valence-corrected chi connectivity index (χ2v) is 12.7. The van der Waals surface area contributed by atoms with Crippen molar-refractivity contribution in [2.75, 3.05) is 34.5 Å². The van der Waals surface area contributed by atoms with E-state index in [9.17, 15) is 4.79 Å². The van der Waals surface area contributed by atoms with Gasteiger partial charge in [-0.3, -0.25) is 4.79 Å². The molecular formula is C36H36Br2N2O7. The normalized spacial score (nSPS) is 17.0. The molecule has 1 aliphatic rings. The summed E-state index contributed by atoms with van der Waals surface area (Å²) in [6, 6.07) is 26.5. The average Bonchev–Trinajstić information content (AvgIpc) is 3.48. The van der Waals surface area contributed by atoms with Crippen molar-refractivity contribution in [3.63, 3.8) is 0 Å². The van der Waals surface area contributed by atoms with E-state index in [1.54, 1.807) is 33.5 Å². The minimum atomic E-state index is -1.37. The quantitative estimate of drug-likeness (QED) is 0.136. The van der Waals surface area contributed by atoms with E-state index in [1.807, 2.05) is 72.8 Å². The van der Waals surface area contributed by atoms with Gasteiger partial charge in [-0.1, -0.05) is 56.1 Å². The van der Waals surface area contributed by atoms with E-state index in [4.69, 9.17) is 33.8 Å². The van der Waals surface area contributed by atoms with Crippen LogP contribution in [0.15, 0.2) is 98.9 Å². The molecule has 4 aromatic carbocycles. The summed E-state index contributed by atoms with van der Waals surface area (Å²) < 4.78 is 30.7. The van der Waals surface area contributed by atoms with Crippen LogP contribution in [0.4, 0.5) is 0 Å². The lowest BCUT2D eigenvalue weighted by atomic mass is 9.82. The predicted octanol–water partition coefficient (Wildman–Crippen LogP) is 6.81. The number of ether oxygens (including phenoxy) is 5. The first kappa shape index (κ1) is 34.3. The molecule has 1 aliphatic heterocycles. The minimum Gasteiger partial charge on any atom is -0.494 e. The Morgan fingerprint density at radius 1 is 0.872 bits per heavy atom. The molecule has 0 radical (unpaired) electrons. The predicted molar refractivity (Wildman–Crippen MR) is 187 cm³/mol. The maximum atomic E-state index is 14.6. The molecule has 246 valence electrons. The van der Waals surface area contributed by atoms with Crippen molar-refractivity contribution in [3.05, 3.63) is 116 Å². The van der Waals surface area contributed by atoms with Gasteiger partial charge < -0.3 is 34.1 Å². The van der Waals surface area contributed by atoms with Crippen LogP contribution in [0, 0.1) is 0 Å². The molecule has 47 heavy (non-hydrogen) atoms. The summed E-state index contributed by atoms with van der Waals surface area (Å²) >= 11 is 7.04. The summed E-state index contributed by atoms with van der Waals surface area (Å²) in [5.74, 6) is 2.15. The minimum absolute atomic E-state index is 0.0578. The third kappa shape index (κ3) is 7.91. The standard InChI is InChI=1S/C36H36Br2N2O7/c1-43-30-19-24(20-31(44-2)32(30)45-3)22-39-35(42)36(21-23-5-11-27(37)12-6-23)33(25-7-13-28(38)14-8-25)47-34(40-36)26-9-15-29(16-10-26)46-18-4-17-41/h5-16,19-20,33,41H,4,17-18,21-22H2,1-3H3,(H,39,42)/t33-,36-/m1/s1. The summed E-state index contributed by atoms with van der Waals surface area (Å²) in [7, 11) is 4.65. The Labute approximate surface area is 291 Å². The summed E-state index contributed by atoms with van der Waals surface area (Å²) in [4.78, 5) is 19.7. The SMILES string of the molecule is COc1cc(CNC(=O)[C@]2(Cc3ccc(Br)cc3)N=C(c3ccc(OCCCO)cc3)O[C@@H]2c2ccc(Br)cc2)cc(OC)c1OC. The molecule has 2 atom stereocenters. The zero-order valence-electron chi connectivity index (χ0n) is 26.3. The van der Waals surface area contributed by atoms with E-state index in [-0.39, 0.29) is 25.5 Å².